The van der Waals surface area contributed by atoms with Crippen molar-refractivity contribution in [3.05, 3.63) is 36.4 Å². The van der Waals surface area contributed by atoms with Gasteiger partial charge in [-0.2, -0.15) is 0 Å². The van der Waals surface area contributed by atoms with E-state index in [1.54, 1.807) is 19.0 Å². The van der Waals surface area contributed by atoms with Crippen LogP contribution < -0.4 is 0 Å². The van der Waals surface area contributed by atoms with Crippen molar-refractivity contribution >= 4 is 11.4 Å². The lowest BCUT2D eigenvalue weighted by Gasteiger charge is -2.24. The Morgan fingerprint density at radius 3 is 3.13 bits per heavy atom. The van der Waals surface area contributed by atoms with Crippen LogP contribution in [0.4, 0.5) is 0 Å². The van der Waals surface area contributed by atoms with E-state index in [0.29, 0.717) is 19.1 Å². The van der Waals surface area contributed by atoms with Gasteiger partial charge in [0.1, 0.15) is 0 Å². The summed E-state index contributed by atoms with van der Waals surface area (Å²) >= 11 is 0. The first kappa shape index (κ1) is 16.0. The number of carbonyl (C=O) groups is 1. The second-order valence-electron chi connectivity index (χ2n) is 6.34. The first-order valence-electron chi connectivity index (χ1n) is 8.04. The lowest BCUT2D eigenvalue weighted by atomic mass is 10.0. The minimum atomic E-state index is 0.137. The standard InChI is InChI=1S/C17H24N4O2/c1-19(2)17(22)12-20-8-9-23-13-14(11-20)10-15-16-4-3-6-21(16)7-5-18-15/h3-7,14H,8-13H2,1-2H3/t14-/m1/s1. The van der Waals surface area contributed by atoms with E-state index in [9.17, 15) is 4.79 Å². The van der Waals surface area contributed by atoms with Crippen molar-refractivity contribution in [3.63, 3.8) is 0 Å². The van der Waals surface area contributed by atoms with Gasteiger partial charge in [0.25, 0.3) is 0 Å². The summed E-state index contributed by atoms with van der Waals surface area (Å²) in [5.41, 5.74) is 2.24. The Morgan fingerprint density at radius 2 is 2.30 bits per heavy atom. The molecule has 3 rings (SSSR count). The number of rotatable bonds is 4. The number of hydrogen-bond acceptors (Lipinski definition) is 4. The number of hydrogen-bond donors (Lipinski definition) is 0. The number of amides is 1. The molecule has 0 N–H and O–H groups in total. The van der Waals surface area contributed by atoms with Gasteiger partial charge in [-0.3, -0.25) is 14.7 Å². The van der Waals surface area contributed by atoms with Crippen LogP contribution in [0.1, 0.15) is 5.69 Å². The van der Waals surface area contributed by atoms with E-state index in [0.717, 1.165) is 37.3 Å². The van der Waals surface area contributed by atoms with Crippen molar-refractivity contribution in [3.8, 4) is 0 Å². The Labute approximate surface area is 136 Å². The van der Waals surface area contributed by atoms with Crippen LogP contribution in [0.5, 0.6) is 0 Å². The van der Waals surface area contributed by atoms with Crippen molar-refractivity contribution in [2.24, 2.45) is 5.92 Å². The Morgan fingerprint density at radius 1 is 1.43 bits per heavy atom. The molecule has 1 aliphatic heterocycles. The summed E-state index contributed by atoms with van der Waals surface area (Å²) < 4.78 is 7.83. The molecule has 6 heteroatoms. The summed E-state index contributed by atoms with van der Waals surface area (Å²) in [6.45, 7) is 3.52. The molecular weight excluding hydrogens is 292 g/mol. The topological polar surface area (TPSA) is 50.1 Å². The Hall–Kier alpha value is -1.92. The van der Waals surface area contributed by atoms with E-state index in [2.05, 4.69) is 20.4 Å². The van der Waals surface area contributed by atoms with Gasteiger partial charge in [0.05, 0.1) is 31.0 Å². The highest BCUT2D eigenvalue weighted by molar-refractivity contribution is 5.77. The molecule has 0 aliphatic carbocycles. The Kier molecular flexibility index (Phi) is 4.93. The largest absolute Gasteiger partial charge is 0.380 e. The fraction of sp³-hybridized carbons (Fsp3) is 0.529. The maximum atomic E-state index is 12.0. The molecule has 0 saturated carbocycles. The lowest BCUT2D eigenvalue weighted by molar-refractivity contribution is -0.129. The van der Waals surface area contributed by atoms with E-state index >= 15 is 0 Å². The number of ether oxygens (including phenoxy) is 1. The van der Waals surface area contributed by atoms with E-state index in [1.807, 2.05) is 24.7 Å². The van der Waals surface area contributed by atoms with Crippen LogP contribution >= 0.6 is 0 Å². The van der Waals surface area contributed by atoms with Gasteiger partial charge in [-0.1, -0.05) is 0 Å². The maximum Gasteiger partial charge on any atom is 0.236 e. The van der Waals surface area contributed by atoms with Gasteiger partial charge in [0.2, 0.25) is 5.91 Å². The van der Waals surface area contributed by atoms with Crippen molar-refractivity contribution in [1.29, 1.82) is 0 Å². The molecule has 0 radical (unpaired) electrons. The molecule has 2 aromatic heterocycles. The van der Waals surface area contributed by atoms with Gasteiger partial charge >= 0.3 is 0 Å². The summed E-state index contributed by atoms with van der Waals surface area (Å²) in [6, 6.07) is 4.12. The molecule has 0 aromatic carbocycles. The third kappa shape index (κ3) is 3.89. The molecule has 0 spiro atoms. The van der Waals surface area contributed by atoms with Crippen LogP contribution in [0.3, 0.4) is 0 Å². The highest BCUT2D eigenvalue weighted by Gasteiger charge is 2.22. The second kappa shape index (κ2) is 7.10. The third-order valence-electron chi connectivity index (χ3n) is 4.29. The number of fused-ring (bicyclic) bond motifs is 1. The van der Waals surface area contributed by atoms with Crippen LogP contribution in [0.25, 0.3) is 5.52 Å². The molecule has 124 valence electrons. The van der Waals surface area contributed by atoms with Crippen molar-refractivity contribution in [2.45, 2.75) is 6.42 Å². The van der Waals surface area contributed by atoms with Gasteiger partial charge in [-0.15, -0.1) is 0 Å². The Bertz CT molecular complexity index is 667. The van der Waals surface area contributed by atoms with E-state index in [1.165, 1.54) is 0 Å². The number of carbonyl (C=O) groups excluding carboxylic acids is 1. The molecule has 23 heavy (non-hydrogen) atoms. The molecule has 0 bridgehead atoms. The van der Waals surface area contributed by atoms with E-state index in [-0.39, 0.29) is 5.91 Å². The maximum absolute atomic E-state index is 12.0. The quantitative estimate of drug-likeness (QED) is 0.841. The first-order chi connectivity index (χ1) is 11.1. The average molecular weight is 316 g/mol. The summed E-state index contributed by atoms with van der Waals surface area (Å²) in [7, 11) is 3.59. The molecule has 1 aliphatic rings. The summed E-state index contributed by atoms with van der Waals surface area (Å²) in [4.78, 5) is 20.3. The average Bonchev–Trinajstić information content (AvgIpc) is 2.90. The molecule has 3 heterocycles. The molecule has 0 unspecified atom stereocenters. The van der Waals surface area contributed by atoms with E-state index in [4.69, 9.17) is 4.74 Å². The normalized spacial score (nSPS) is 19.7. The summed E-state index contributed by atoms with van der Waals surface area (Å²) in [6.07, 6.45) is 6.70. The number of likely N-dealkylation sites (N-methyl/N-ethyl adjacent to an activating group) is 1. The van der Waals surface area contributed by atoms with Gasteiger partial charge in [-0.25, -0.2) is 0 Å². The smallest absolute Gasteiger partial charge is 0.236 e. The second-order valence-corrected chi connectivity index (χ2v) is 6.34. The Balaban J connectivity index is 1.69. The van der Waals surface area contributed by atoms with Gasteiger partial charge in [0, 0.05) is 51.7 Å². The van der Waals surface area contributed by atoms with Crippen LogP contribution in [0.15, 0.2) is 30.7 Å². The zero-order valence-corrected chi connectivity index (χ0v) is 13.8. The molecule has 6 nitrogen and oxygen atoms in total. The first-order valence-corrected chi connectivity index (χ1v) is 8.04. The van der Waals surface area contributed by atoms with Crippen LogP contribution in [0, 0.1) is 5.92 Å². The van der Waals surface area contributed by atoms with Gasteiger partial charge in [-0.05, 0) is 18.6 Å². The van der Waals surface area contributed by atoms with E-state index < -0.39 is 0 Å². The molecule has 1 fully saturated rings. The minimum absolute atomic E-state index is 0.137. The number of aromatic nitrogens is 2. The van der Waals surface area contributed by atoms with Gasteiger partial charge in [0.15, 0.2) is 0 Å². The van der Waals surface area contributed by atoms with Crippen LogP contribution in [0.2, 0.25) is 0 Å². The van der Waals surface area contributed by atoms with Crippen molar-refractivity contribution in [2.75, 3.05) is 46.9 Å². The van der Waals surface area contributed by atoms with Crippen molar-refractivity contribution in [1.82, 2.24) is 19.2 Å². The molecular formula is C17H24N4O2. The fourth-order valence-electron chi connectivity index (χ4n) is 3.01. The van der Waals surface area contributed by atoms with Crippen molar-refractivity contribution < 1.29 is 9.53 Å². The lowest BCUT2D eigenvalue weighted by Crippen LogP contribution is -2.39. The highest BCUT2D eigenvalue weighted by atomic mass is 16.5. The molecule has 1 saturated heterocycles. The third-order valence-corrected chi connectivity index (χ3v) is 4.29. The zero-order chi connectivity index (χ0) is 16.2. The van der Waals surface area contributed by atoms with Gasteiger partial charge < -0.3 is 14.0 Å². The molecule has 1 amide bonds. The monoisotopic (exact) mass is 316 g/mol. The molecule has 1 atom stereocenters. The minimum Gasteiger partial charge on any atom is -0.380 e. The van der Waals surface area contributed by atoms with Crippen LogP contribution in [-0.2, 0) is 16.0 Å². The summed E-state index contributed by atoms with van der Waals surface area (Å²) in [5.74, 6) is 0.485. The predicted octanol–water partition coefficient (Wildman–Crippen LogP) is 0.913. The zero-order valence-electron chi connectivity index (χ0n) is 13.8. The fourth-order valence-corrected chi connectivity index (χ4v) is 3.01. The number of nitrogens with zero attached hydrogens (tertiary/aromatic N) is 4. The van der Waals surface area contributed by atoms with Crippen LogP contribution in [-0.4, -0.2) is 72.0 Å². The summed E-state index contributed by atoms with van der Waals surface area (Å²) in [5, 5.41) is 0. The SMILES string of the molecule is CN(C)C(=O)CN1CCOC[C@H](Cc2nccn3cccc23)C1. The highest BCUT2D eigenvalue weighted by Crippen LogP contribution is 2.17. The molecule has 2 aromatic rings. The predicted molar refractivity (Wildman–Crippen MR) is 88.3 cm³/mol.